The number of methoxy groups -OCH3 is 1. The van der Waals surface area contributed by atoms with Gasteiger partial charge in [0, 0.05) is 18.2 Å². The quantitative estimate of drug-likeness (QED) is 0.746. The first-order valence-electron chi connectivity index (χ1n) is 7.78. The van der Waals surface area contributed by atoms with Crippen LogP contribution in [0.4, 0.5) is 8.78 Å². The van der Waals surface area contributed by atoms with Crippen molar-refractivity contribution >= 4 is 5.97 Å². The van der Waals surface area contributed by atoms with Crippen LogP contribution in [0.5, 0.6) is 0 Å². The van der Waals surface area contributed by atoms with Crippen LogP contribution in [0, 0.1) is 18.6 Å². The molecular weight excluding hydrogens is 342 g/mol. The average molecular weight is 358 g/mol. The third-order valence-corrected chi connectivity index (χ3v) is 4.04. The van der Waals surface area contributed by atoms with Crippen molar-refractivity contribution in [2.75, 3.05) is 7.11 Å². The Morgan fingerprint density at radius 2 is 1.88 bits per heavy atom. The first kappa shape index (κ1) is 17.8. The number of carbonyl (C=O) groups is 1. The predicted molar refractivity (Wildman–Crippen MR) is 91.7 cm³/mol. The zero-order valence-corrected chi connectivity index (χ0v) is 14.2. The van der Waals surface area contributed by atoms with E-state index in [9.17, 15) is 18.7 Å². The van der Waals surface area contributed by atoms with Gasteiger partial charge in [-0.25, -0.2) is 18.3 Å². The van der Waals surface area contributed by atoms with E-state index in [4.69, 9.17) is 4.74 Å². The SMILES string of the molecule is COCn1nc(-c2ccc(F)cc2)c(C)c1-c1c(F)cccc1C(=O)O. The van der Waals surface area contributed by atoms with E-state index in [1.807, 2.05) is 0 Å². The van der Waals surface area contributed by atoms with Gasteiger partial charge in [-0.1, -0.05) is 6.07 Å². The lowest BCUT2D eigenvalue weighted by Crippen LogP contribution is -2.09. The summed E-state index contributed by atoms with van der Waals surface area (Å²) in [6, 6.07) is 9.60. The third-order valence-electron chi connectivity index (χ3n) is 4.04. The fraction of sp³-hybridized carbons (Fsp3) is 0.158. The van der Waals surface area contributed by atoms with Crippen molar-refractivity contribution < 1.29 is 23.4 Å². The summed E-state index contributed by atoms with van der Waals surface area (Å²) in [4.78, 5) is 11.6. The average Bonchev–Trinajstić information content (AvgIpc) is 2.92. The number of hydrogen-bond acceptors (Lipinski definition) is 3. The molecule has 1 aromatic heterocycles. The summed E-state index contributed by atoms with van der Waals surface area (Å²) in [6.07, 6.45) is 0. The summed E-state index contributed by atoms with van der Waals surface area (Å²) in [6.45, 7) is 1.72. The number of ether oxygens (including phenoxy) is 1. The van der Waals surface area contributed by atoms with Gasteiger partial charge in [0.25, 0.3) is 0 Å². The maximum absolute atomic E-state index is 14.6. The molecule has 0 fully saturated rings. The van der Waals surface area contributed by atoms with Crippen molar-refractivity contribution in [2.45, 2.75) is 13.7 Å². The molecule has 2 aromatic carbocycles. The number of nitrogens with zero attached hydrogens (tertiary/aromatic N) is 2. The number of carboxylic acid groups (broad SMARTS) is 1. The Morgan fingerprint density at radius 3 is 2.50 bits per heavy atom. The maximum atomic E-state index is 14.6. The van der Waals surface area contributed by atoms with Crippen LogP contribution in [0.25, 0.3) is 22.5 Å². The van der Waals surface area contributed by atoms with Gasteiger partial charge in [0.2, 0.25) is 0 Å². The molecule has 3 aromatic rings. The van der Waals surface area contributed by atoms with Gasteiger partial charge in [-0.15, -0.1) is 0 Å². The van der Waals surface area contributed by atoms with Crippen LogP contribution in [-0.4, -0.2) is 28.0 Å². The van der Waals surface area contributed by atoms with Crippen molar-refractivity contribution in [3.63, 3.8) is 0 Å². The molecule has 0 unspecified atom stereocenters. The highest BCUT2D eigenvalue weighted by Crippen LogP contribution is 2.35. The van der Waals surface area contributed by atoms with Gasteiger partial charge in [0.05, 0.1) is 22.5 Å². The molecule has 1 heterocycles. The van der Waals surface area contributed by atoms with E-state index in [0.717, 1.165) is 0 Å². The number of benzene rings is 2. The van der Waals surface area contributed by atoms with Gasteiger partial charge in [0.1, 0.15) is 18.4 Å². The van der Waals surface area contributed by atoms with Gasteiger partial charge in [-0.05, 0) is 43.3 Å². The van der Waals surface area contributed by atoms with E-state index in [1.54, 1.807) is 19.1 Å². The summed E-state index contributed by atoms with van der Waals surface area (Å²) >= 11 is 0. The molecule has 3 rings (SSSR count). The summed E-state index contributed by atoms with van der Waals surface area (Å²) in [5.41, 5.74) is 1.78. The van der Waals surface area contributed by atoms with Gasteiger partial charge in [0.15, 0.2) is 0 Å². The van der Waals surface area contributed by atoms with E-state index in [-0.39, 0.29) is 23.7 Å². The Morgan fingerprint density at radius 1 is 1.19 bits per heavy atom. The molecule has 0 saturated carbocycles. The normalized spacial score (nSPS) is 10.9. The van der Waals surface area contributed by atoms with E-state index in [0.29, 0.717) is 22.5 Å². The summed E-state index contributed by atoms with van der Waals surface area (Å²) < 4.78 is 34.3. The second kappa shape index (κ2) is 7.05. The number of aromatic nitrogens is 2. The van der Waals surface area contributed by atoms with Crippen LogP contribution in [-0.2, 0) is 11.5 Å². The van der Waals surface area contributed by atoms with E-state index >= 15 is 0 Å². The fourth-order valence-corrected chi connectivity index (χ4v) is 2.91. The van der Waals surface area contributed by atoms with Crippen LogP contribution in [0.1, 0.15) is 15.9 Å². The molecule has 0 bridgehead atoms. The lowest BCUT2D eigenvalue weighted by molar-refractivity contribution is 0.0697. The second-order valence-corrected chi connectivity index (χ2v) is 5.71. The molecule has 0 aliphatic rings. The Labute approximate surface area is 148 Å². The molecule has 0 atom stereocenters. The van der Waals surface area contributed by atoms with Crippen LogP contribution >= 0.6 is 0 Å². The number of aromatic carboxylic acids is 1. The lowest BCUT2D eigenvalue weighted by Gasteiger charge is -2.11. The van der Waals surface area contributed by atoms with E-state index in [2.05, 4.69) is 5.10 Å². The lowest BCUT2D eigenvalue weighted by atomic mass is 9.98. The molecule has 5 nitrogen and oxygen atoms in total. The van der Waals surface area contributed by atoms with Crippen LogP contribution in [0.3, 0.4) is 0 Å². The second-order valence-electron chi connectivity index (χ2n) is 5.71. The molecule has 0 aliphatic carbocycles. The van der Waals surface area contributed by atoms with Crippen molar-refractivity contribution in [2.24, 2.45) is 0 Å². The number of carboxylic acids is 1. The molecule has 0 amide bonds. The molecule has 26 heavy (non-hydrogen) atoms. The van der Waals surface area contributed by atoms with Crippen molar-refractivity contribution in [1.29, 1.82) is 0 Å². The fourth-order valence-electron chi connectivity index (χ4n) is 2.91. The van der Waals surface area contributed by atoms with Crippen molar-refractivity contribution in [3.8, 4) is 22.5 Å². The minimum absolute atomic E-state index is 0.00472. The zero-order valence-electron chi connectivity index (χ0n) is 14.2. The van der Waals surface area contributed by atoms with Crippen LogP contribution in [0.15, 0.2) is 42.5 Å². The molecule has 134 valence electrons. The van der Waals surface area contributed by atoms with E-state index in [1.165, 1.54) is 42.1 Å². The minimum Gasteiger partial charge on any atom is -0.478 e. The van der Waals surface area contributed by atoms with Gasteiger partial charge < -0.3 is 9.84 Å². The highest BCUT2D eigenvalue weighted by molar-refractivity contribution is 5.96. The number of rotatable bonds is 5. The first-order valence-corrected chi connectivity index (χ1v) is 7.78. The Kier molecular flexibility index (Phi) is 4.81. The molecule has 0 saturated heterocycles. The van der Waals surface area contributed by atoms with Crippen LogP contribution < -0.4 is 0 Å². The molecule has 0 aliphatic heterocycles. The Bertz CT molecular complexity index is 966. The molecule has 0 radical (unpaired) electrons. The Hall–Kier alpha value is -3.06. The summed E-state index contributed by atoms with van der Waals surface area (Å²) in [5.74, 6) is -2.30. The molecule has 1 N–H and O–H groups in total. The largest absolute Gasteiger partial charge is 0.478 e. The summed E-state index contributed by atoms with van der Waals surface area (Å²) in [7, 11) is 1.46. The highest BCUT2D eigenvalue weighted by atomic mass is 19.1. The van der Waals surface area contributed by atoms with Crippen molar-refractivity contribution in [3.05, 3.63) is 65.2 Å². The summed E-state index contributed by atoms with van der Waals surface area (Å²) in [5, 5.41) is 13.9. The Balaban J connectivity index is 2.29. The number of halogens is 2. The highest BCUT2D eigenvalue weighted by Gasteiger charge is 2.24. The minimum atomic E-state index is -1.24. The molecule has 0 spiro atoms. The first-order chi connectivity index (χ1) is 12.4. The topological polar surface area (TPSA) is 64.4 Å². The monoisotopic (exact) mass is 358 g/mol. The smallest absolute Gasteiger partial charge is 0.336 e. The van der Waals surface area contributed by atoms with E-state index < -0.39 is 11.8 Å². The van der Waals surface area contributed by atoms with Gasteiger partial charge in [-0.2, -0.15) is 5.10 Å². The predicted octanol–water partition coefficient (Wildman–Crippen LogP) is 4.11. The van der Waals surface area contributed by atoms with Crippen molar-refractivity contribution in [1.82, 2.24) is 9.78 Å². The van der Waals surface area contributed by atoms with Crippen LogP contribution in [0.2, 0.25) is 0 Å². The van der Waals surface area contributed by atoms with Gasteiger partial charge in [-0.3, -0.25) is 0 Å². The third kappa shape index (κ3) is 3.09. The number of hydrogen-bond donors (Lipinski definition) is 1. The maximum Gasteiger partial charge on any atom is 0.336 e. The molecule has 7 heteroatoms. The molecular formula is C19H16F2N2O3. The standard InChI is InChI=1S/C19H16F2N2O3/c1-11-17(12-6-8-13(20)9-7-12)22-23(10-26-2)18(11)16-14(19(24)25)4-3-5-15(16)21/h3-9H,10H2,1-2H3,(H,24,25). The zero-order chi connectivity index (χ0) is 18.8. The van der Waals surface area contributed by atoms with Gasteiger partial charge >= 0.3 is 5.97 Å².